The topological polar surface area (TPSA) is 54.2 Å². The molecule has 16 heavy (non-hydrogen) atoms. The first kappa shape index (κ1) is 10.2. The van der Waals surface area contributed by atoms with Gasteiger partial charge < -0.3 is 9.84 Å². The highest BCUT2D eigenvalue weighted by molar-refractivity contribution is 5.03. The SMILES string of the molecule is CC1CN(Cc2nc(C3CC3)no2)CCN1. The van der Waals surface area contributed by atoms with E-state index in [0.29, 0.717) is 12.0 Å². The summed E-state index contributed by atoms with van der Waals surface area (Å²) in [5.41, 5.74) is 0. The predicted molar refractivity (Wildman–Crippen MR) is 59.0 cm³/mol. The van der Waals surface area contributed by atoms with Crippen LogP contribution in [0.25, 0.3) is 0 Å². The van der Waals surface area contributed by atoms with Crippen molar-refractivity contribution in [1.82, 2.24) is 20.4 Å². The molecule has 1 atom stereocenters. The molecule has 1 aromatic rings. The summed E-state index contributed by atoms with van der Waals surface area (Å²) >= 11 is 0. The summed E-state index contributed by atoms with van der Waals surface area (Å²) in [4.78, 5) is 6.82. The van der Waals surface area contributed by atoms with Gasteiger partial charge in [0.2, 0.25) is 5.89 Å². The van der Waals surface area contributed by atoms with E-state index in [1.54, 1.807) is 0 Å². The molecule has 1 saturated carbocycles. The van der Waals surface area contributed by atoms with Crippen LogP contribution in [0, 0.1) is 0 Å². The lowest BCUT2D eigenvalue weighted by Gasteiger charge is -2.30. The molecule has 2 fully saturated rings. The predicted octanol–water partition coefficient (Wildman–Crippen LogP) is 0.741. The van der Waals surface area contributed by atoms with E-state index in [0.717, 1.165) is 37.9 Å². The van der Waals surface area contributed by atoms with Gasteiger partial charge in [-0.05, 0) is 19.8 Å². The summed E-state index contributed by atoms with van der Waals surface area (Å²) in [7, 11) is 0. The zero-order valence-corrected chi connectivity index (χ0v) is 9.65. The first-order valence-corrected chi connectivity index (χ1v) is 6.09. The Morgan fingerprint density at radius 2 is 2.38 bits per heavy atom. The second-order valence-corrected chi connectivity index (χ2v) is 4.91. The van der Waals surface area contributed by atoms with E-state index >= 15 is 0 Å². The van der Waals surface area contributed by atoms with Crippen molar-refractivity contribution in [3.63, 3.8) is 0 Å². The summed E-state index contributed by atoms with van der Waals surface area (Å²) in [6, 6.07) is 0.555. The van der Waals surface area contributed by atoms with E-state index in [4.69, 9.17) is 4.52 Å². The van der Waals surface area contributed by atoms with E-state index in [2.05, 4.69) is 27.3 Å². The molecule has 5 heteroatoms. The van der Waals surface area contributed by atoms with Crippen LogP contribution in [0.3, 0.4) is 0 Å². The van der Waals surface area contributed by atoms with Gasteiger partial charge in [-0.15, -0.1) is 0 Å². The van der Waals surface area contributed by atoms with Gasteiger partial charge in [-0.3, -0.25) is 4.90 Å². The minimum Gasteiger partial charge on any atom is -0.338 e. The van der Waals surface area contributed by atoms with Gasteiger partial charge in [0.15, 0.2) is 5.82 Å². The lowest BCUT2D eigenvalue weighted by molar-refractivity contribution is 0.177. The van der Waals surface area contributed by atoms with E-state index in [1.165, 1.54) is 12.8 Å². The normalized spacial score (nSPS) is 27.2. The van der Waals surface area contributed by atoms with Crippen molar-refractivity contribution in [2.75, 3.05) is 19.6 Å². The van der Waals surface area contributed by atoms with Gasteiger partial charge in [-0.25, -0.2) is 0 Å². The Labute approximate surface area is 95.2 Å². The minimum absolute atomic E-state index is 0.555. The van der Waals surface area contributed by atoms with Crippen molar-refractivity contribution < 1.29 is 4.52 Å². The summed E-state index contributed by atoms with van der Waals surface area (Å²) in [6.45, 7) is 6.17. The molecule has 0 aromatic carbocycles. The Morgan fingerprint density at radius 1 is 1.50 bits per heavy atom. The van der Waals surface area contributed by atoms with Crippen molar-refractivity contribution in [2.45, 2.75) is 38.3 Å². The maximum atomic E-state index is 5.28. The molecule has 1 N–H and O–H groups in total. The maximum absolute atomic E-state index is 5.28. The number of rotatable bonds is 3. The van der Waals surface area contributed by atoms with Crippen LogP contribution in [-0.2, 0) is 6.54 Å². The highest BCUT2D eigenvalue weighted by Crippen LogP contribution is 2.38. The molecule has 2 heterocycles. The molecule has 88 valence electrons. The molecular formula is C11H18N4O. The van der Waals surface area contributed by atoms with Gasteiger partial charge in [-0.1, -0.05) is 5.16 Å². The monoisotopic (exact) mass is 222 g/mol. The van der Waals surface area contributed by atoms with Gasteiger partial charge in [0, 0.05) is 31.6 Å². The number of aromatic nitrogens is 2. The molecule has 0 amide bonds. The molecule has 1 saturated heterocycles. The summed E-state index contributed by atoms with van der Waals surface area (Å²) in [5.74, 6) is 2.27. The molecule has 1 aromatic heterocycles. The Morgan fingerprint density at radius 3 is 3.12 bits per heavy atom. The van der Waals surface area contributed by atoms with Crippen molar-refractivity contribution >= 4 is 0 Å². The number of piperazine rings is 1. The quantitative estimate of drug-likeness (QED) is 0.817. The third kappa shape index (κ3) is 2.25. The van der Waals surface area contributed by atoms with Crippen LogP contribution in [-0.4, -0.2) is 40.7 Å². The largest absolute Gasteiger partial charge is 0.338 e. The fourth-order valence-corrected chi connectivity index (χ4v) is 2.19. The molecule has 5 nitrogen and oxygen atoms in total. The maximum Gasteiger partial charge on any atom is 0.240 e. The van der Waals surface area contributed by atoms with Crippen LogP contribution < -0.4 is 5.32 Å². The van der Waals surface area contributed by atoms with Gasteiger partial charge in [0.05, 0.1) is 6.54 Å². The second kappa shape index (κ2) is 4.14. The van der Waals surface area contributed by atoms with E-state index in [9.17, 15) is 0 Å². The molecule has 3 rings (SSSR count). The van der Waals surface area contributed by atoms with Gasteiger partial charge >= 0.3 is 0 Å². The van der Waals surface area contributed by atoms with Crippen LogP contribution in [0.15, 0.2) is 4.52 Å². The van der Waals surface area contributed by atoms with Crippen molar-refractivity contribution in [2.24, 2.45) is 0 Å². The fourth-order valence-electron chi connectivity index (χ4n) is 2.19. The number of nitrogens with one attached hydrogen (secondary N) is 1. The van der Waals surface area contributed by atoms with Crippen LogP contribution in [0.5, 0.6) is 0 Å². The van der Waals surface area contributed by atoms with Gasteiger partial charge in [0.1, 0.15) is 0 Å². The number of nitrogens with zero attached hydrogens (tertiary/aromatic N) is 3. The average molecular weight is 222 g/mol. The Bertz CT molecular complexity index is 361. The van der Waals surface area contributed by atoms with E-state index < -0.39 is 0 Å². The Kier molecular flexibility index (Phi) is 2.65. The minimum atomic E-state index is 0.555. The molecule has 0 radical (unpaired) electrons. The standard InChI is InChI=1S/C11H18N4O/c1-8-6-15(5-4-12-8)7-10-13-11(14-16-10)9-2-3-9/h8-9,12H,2-7H2,1H3. The average Bonchev–Trinajstić information content (AvgIpc) is 3.01. The Hall–Kier alpha value is -0.940. The molecule has 0 bridgehead atoms. The lowest BCUT2D eigenvalue weighted by atomic mass is 10.2. The second-order valence-electron chi connectivity index (χ2n) is 4.91. The zero-order valence-electron chi connectivity index (χ0n) is 9.65. The summed E-state index contributed by atoms with van der Waals surface area (Å²) in [5, 5.41) is 7.46. The van der Waals surface area contributed by atoms with Crippen LogP contribution >= 0.6 is 0 Å². The van der Waals surface area contributed by atoms with Crippen molar-refractivity contribution in [1.29, 1.82) is 0 Å². The number of hydrogen-bond acceptors (Lipinski definition) is 5. The van der Waals surface area contributed by atoms with E-state index in [1.807, 2.05) is 0 Å². The smallest absolute Gasteiger partial charge is 0.240 e. The third-order valence-electron chi connectivity index (χ3n) is 3.24. The molecule has 1 aliphatic carbocycles. The van der Waals surface area contributed by atoms with Gasteiger partial charge in [0.25, 0.3) is 0 Å². The molecular weight excluding hydrogens is 204 g/mol. The molecule has 2 aliphatic rings. The van der Waals surface area contributed by atoms with Crippen LogP contribution in [0.4, 0.5) is 0 Å². The molecule has 1 aliphatic heterocycles. The highest BCUT2D eigenvalue weighted by Gasteiger charge is 2.29. The Balaban J connectivity index is 1.59. The van der Waals surface area contributed by atoms with E-state index in [-0.39, 0.29) is 0 Å². The first-order chi connectivity index (χ1) is 7.81. The summed E-state index contributed by atoms with van der Waals surface area (Å²) in [6.07, 6.45) is 2.45. The van der Waals surface area contributed by atoms with Crippen molar-refractivity contribution in [3.8, 4) is 0 Å². The van der Waals surface area contributed by atoms with Crippen molar-refractivity contribution in [3.05, 3.63) is 11.7 Å². The third-order valence-corrected chi connectivity index (χ3v) is 3.24. The summed E-state index contributed by atoms with van der Waals surface area (Å²) < 4.78 is 5.28. The zero-order chi connectivity index (χ0) is 11.0. The van der Waals surface area contributed by atoms with Crippen LogP contribution in [0.1, 0.15) is 37.4 Å². The van der Waals surface area contributed by atoms with Gasteiger partial charge in [-0.2, -0.15) is 4.98 Å². The first-order valence-electron chi connectivity index (χ1n) is 6.09. The number of hydrogen-bond donors (Lipinski definition) is 1. The molecule has 1 unspecified atom stereocenters. The molecule has 0 spiro atoms. The van der Waals surface area contributed by atoms with Crippen LogP contribution in [0.2, 0.25) is 0 Å². The fraction of sp³-hybridized carbons (Fsp3) is 0.818. The highest BCUT2D eigenvalue weighted by atomic mass is 16.5. The lowest BCUT2D eigenvalue weighted by Crippen LogP contribution is -2.48.